The molecule has 0 bridgehead atoms. The Labute approximate surface area is 95.3 Å². The van der Waals surface area contributed by atoms with Crippen LogP contribution in [-0.4, -0.2) is 5.78 Å². The van der Waals surface area contributed by atoms with E-state index in [1.54, 1.807) is 6.26 Å². The minimum absolute atomic E-state index is 0.123. The molecule has 2 unspecified atom stereocenters. The van der Waals surface area contributed by atoms with Crippen LogP contribution >= 0.6 is 0 Å². The number of rotatable bonds is 0. The van der Waals surface area contributed by atoms with Crippen LogP contribution < -0.4 is 0 Å². The maximum Gasteiger partial charge on any atom is 0.174 e. The summed E-state index contributed by atoms with van der Waals surface area (Å²) in [5.74, 6) is 1.76. The van der Waals surface area contributed by atoms with Crippen molar-refractivity contribution in [1.29, 1.82) is 0 Å². The van der Waals surface area contributed by atoms with Crippen molar-refractivity contribution < 1.29 is 9.21 Å². The third-order valence-electron chi connectivity index (χ3n) is 3.94. The maximum atomic E-state index is 12.4. The lowest BCUT2D eigenvalue weighted by Crippen LogP contribution is -2.31. The number of ketones is 1. The molecule has 1 aromatic rings. The fraction of sp³-hybridized carbons (Fsp3) is 0.500. The van der Waals surface area contributed by atoms with Crippen molar-refractivity contribution in [3.8, 4) is 0 Å². The van der Waals surface area contributed by atoms with E-state index in [0.29, 0.717) is 5.92 Å². The Bertz CT molecular complexity index is 479. The summed E-state index contributed by atoms with van der Waals surface area (Å²) in [4.78, 5) is 12.4. The van der Waals surface area contributed by atoms with Crippen molar-refractivity contribution in [1.82, 2.24) is 0 Å². The van der Waals surface area contributed by atoms with Gasteiger partial charge in [0.1, 0.15) is 5.76 Å². The summed E-state index contributed by atoms with van der Waals surface area (Å²) in [5, 5.41) is 0. The molecule has 0 fully saturated rings. The van der Waals surface area contributed by atoms with Gasteiger partial charge in [-0.2, -0.15) is 0 Å². The lowest BCUT2D eigenvalue weighted by atomic mass is 9.70. The van der Waals surface area contributed by atoms with Gasteiger partial charge in [0.2, 0.25) is 0 Å². The van der Waals surface area contributed by atoms with Crippen LogP contribution in [0.5, 0.6) is 0 Å². The minimum atomic E-state index is 0.123. The number of aryl methyl sites for hydroxylation is 1. The van der Waals surface area contributed by atoms with Gasteiger partial charge >= 0.3 is 0 Å². The Morgan fingerprint density at radius 3 is 3.06 bits per heavy atom. The second-order valence-electron chi connectivity index (χ2n) is 5.07. The van der Waals surface area contributed by atoms with Crippen LogP contribution in [0.3, 0.4) is 0 Å². The Kier molecular flexibility index (Phi) is 2.06. The molecule has 0 N–H and O–H groups in total. The van der Waals surface area contributed by atoms with Crippen molar-refractivity contribution in [2.45, 2.75) is 33.1 Å². The molecule has 0 saturated heterocycles. The van der Waals surface area contributed by atoms with Gasteiger partial charge in [-0.3, -0.25) is 4.79 Å². The highest BCUT2D eigenvalue weighted by atomic mass is 16.3. The van der Waals surface area contributed by atoms with E-state index >= 15 is 0 Å². The Balaban J connectivity index is 2.13. The summed E-state index contributed by atoms with van der Waals surface area (Å²) in [5.41, 5.74) is 3.14. The first-order chi connectivity index (χ1) is 7.68. The molecule has 0 aliphatic heterocycles. The van der Waals surface area contributed by atoms with E-state index in [-0.39, 0.29) is 11.7 Å². The summed E-state index contributed by atoms with van der Waals surface area (Å²) >= 11 is 0. The normalized spacial score (nSPS) is 28.4. The van der Waals surface area contributed by atoms with Crippen LogP contribution in [0.2, 0.25) is 0 Å². The second kappa shape index (κ2) is 3.34. The van der Waals surface area contributed by atoms with E-state index in [2.05, 4.69) is 13.0 Å². The molecule has 0 aromatic carbocycles. The third kappa shape index (κ3) is 1.22. The third-order valence-corrected chi connectivity index (χ3v) is 3.94. The average Bonchev–Trinajstić information content (AvgIpc) is 2.60. The number of allylic oxidation sites excluding steroid dienone is 2. The van der Waals surface area contributed by atoms with Gasteiger partial charge in [0.05, 0.1) is 11.8 Å². The highest BCUT2D eigenvalue weighted by molar-refractivity contribution is 6.03. The molecule has 0 amide bonds. The molecule has 0 saturated carbocycles. The summed E-state index contributed by atoms with van der Waals surface area (Å²) in [7, 11) is 0. The van der Waals surface area contributed by atoms with E-state index in [9.17, 15) is 4.79 Å². The van der Waals surface area contributed by atoms with E-state index in [4.69, 9.17) is 4.42 Å². The van der Waals surface area contributed by atoms with Crippen molar-refractivity contribution in [3.05, 3.63) is 34.8 Å². The molecule has 2 aliphatic carbocycles. The van der Waals surface area contributed by atoms with Crippen LogP contribution in [0.25, 0.3) is 0 Å². The van der Waals surface area contributed by atoms with Gasteiger partial charge in [0, 0.05) is 12.3 Å². The van der Waals surface area contributed by atoms with Gasteiger partial charge in [-0.1, -0.05) is 18.6 Å². The molecule has 0 radical (unpaired) electrons. The second-order valence-corrected chi connectivity index (χ2v) is 5.07. The topological polar surface area (TPSA) is 30.2 Å². The number of furan rings is 1. The first-order valence-corrected chi connectivity index (χ1v) is 5.98. The highest BCUT2D eigenvalue weighted by Gasteiger charge is 2.38. The van der Waals surface area contributed by atoms with Crippen LogP contribution in [0.4, 0.5) is 0 Å². The number of carbonyl (C=O) groups excluding carboxylic acids is 1. The number of hydrogen-bond donors (Lipinski definition) is 0. The molecule has 2 heteroatoms. The SMILES string of the molecule is Cc1coc2c1C(=O)C1C(=CCCC1C)C2. The first-order valence-electron chi connectivity index (χ1n) is 5.98. The van der Waals surface area contributed by atoms with Crippen molar-refractivity contribution >= 4 is 5.78 Å². The molecule has 1 aromatic heterocycles. The van der Waals surface area contributed by atoms with Crippen molar-refractivity contribution in [2.75, 3.05) is 0 Å². The number of fused-ring (bicyclic) bond motifs is 2. The largest absolute Gasteiger partial charge is 0.468 e. The molecular formula is C14H16O2. The van der Waals surface area contributed by atoms with Crippen molar-refractivity contribution in [2.24, 2.45) is 11.8 Å². The molecule has 1 heterocycles. The van der Waals surface area contributed by atoms with Crippen LogP contribution in [0.1, 0.15) is 41.4 Å². The van der Waals surface area contributed by atoms with Gasteiger partial charge in [-0.05, 0) is 31.2 Å². The van der Waals surface area contributed by atoms with Gasteiger partial charge in [0.25, 0.3) is 0 Å². The van der Waals surface area contributed by atoms with Gasteiger partial charge in [-0.15, -0.1) is 0 Å². The standard InChI is InChI=1S/C14H16O2/c1-8-4-3-5-10-6-11-13(9(2)7-16-11)14(15)12(8)10/h5,7-8,12H,3-4,6H2,1-2H3. The molecule has 0 spiro atoms. The van der Waals surface area contributed by atoms with Crippen LogP contribution in [-0.2, 0) is 6.42 Å². The monoisotopic (exact) mass is 216 g/mol. The zero-order valence-corrected chi connectivity index (χ0v) is 9.75. The van der Waals surface area contributed by atoms with E-state index in [1.165, 1.54) is 5.57 Å². The Morgan fingerprint density at radius 2 is 2.25 bits per heavy atom. The first kappa shape index (κ1) is 9.88. The summed E-state index contributed by atoms with van der Waals surface area (Å²) in [6.45, 7) is 4.15. The van der Waals surface area contributed by atoms with Gasteiger partial charge in [0.15, 0.2) is 5.78 Å². The Morgan fingerprint density at radius 1 is 1.44 bits per heavy atom. The minimum Gasteiger partial charge on any atom is -0.468 e. The van der Waals surface area contributed by atoms with E-state index in [1.807, 2.05) is 6.92 Å². The molecule has 2 aliphatic rings. The lowest BCUT2D eigenvalue weighted by molar-refractivity contribution is 0.0883. The average molecular weight is 216 g/mol. The van der Waals surface area contributed by atoms with Gasteiger partial charge < -0.3 is 4.42 Å². The fourth-order valence-corrected chi connectivity index (χ4v) is 3.10. The van der Waals surface area contributed by atoms with Crippen molar-refractivity contribution in [3.63, 3.8) is 0 Å². The quantitative estimate of drug-likeness (QED) is 0.623. The molecule has 3 rings (SSSR count). The molecule has 2 atom stereocenters. The van der Waals surface area contributed by atoms with E-state index in [0.717, 1.165) is 36.1 Å². The van der Waals surface area contributed by atoms with E-state index < -0.39 is 0 Å². The summed E-state index contributed by atoms with van der Waals surface area (Å²) in [6.07, 6.45) is 7.03. The molecule has 84 valence electrons. The van der Waals surface area contributed by atoms with Gasteiger partial charge in [-0.25, -0.2) is 0 Å². The number of carbonyl (C=O) groups is 1. The number of Topliss-reactive ketones (excluding diaryl/α,β-unsaturated/α-hetero) is 1. The predicted octanol–water partition coefficient (Wildman–Crippen LogP) is 3.30. The zero-order chi connectivity index (χ0) is 11.3. The summed E-state index contributed by atoms with van der Waals surface area (Å²) < 4.78 is 5.48. The molecular weight excluding hydrogens is 200 g/mol. The smallest absolute Gasteiger partial charge is 0.174 e. The maximum absolute atomic E-state index is 12.4. The number of hydrogen-bond acceptors (Lipinski definition) is 2. The lowest BCUT2D eigenvalue weighted by Gasteiger charge is -2.32. The highest BCUT2D eigenvalue weighted by Crippen LogP contribution is 2.40. The molecule has 2 nitrogen and oxygen atoms in total. The molecule has 16 heavy (non-hydrogen) atoms. The Hall–Kier alpha value is -1.31. The fourth-order valence-electron chi connectivity index (χ4n) is 3.10. The predicted molar refractivity (Wildman–Crippen MR) is 61.5 cm³/mol. The van der Waals surface area contributed by atoms with Crippen LogP contribution in [0, 0.1) is 18.8 Å². The van der Waals surface area contributed by atoms with Crippen LogP contribution in [0.15, 0.2) is 22.3 Å². The summed E-state index contributed by atoms with van der Waals surface area (Å²) in [6, 6.07) is 0. The zero-order valence-electron chi connectivity index (χ0n) is 9.75.